The van der Waals surface area contributed by atoms with Gasteiger partial charge in [-0.3, -0.25) is 13.9 Å². The number of amides is 1. The van der Waals surface area contributed by atoms with Crippen LogP contribution in [-0.4, -0.2) is 41.9 Å². The molecule has 11 heteroatoms. The average molecular weight is 521 g/mol. The van der Waals surface area contributed by atoms with Gasteiger partial charge in [-0.2, -0.15) is 18.3 Å². The van der Waals surface area contributed by atoms with Crippen molar-refractivity contribution < 1.29 is 28.2 Å². The number of aromatic nitrogens is 4. The van der Waals surface area contributed by atoms with E-state index < -0.39 is 30.4 Å². The molecule has 0 aliphatic heterocycles. The lowest BCUT2D eigenvalue weighted by molar-refractivity contribution is -0.137. The molecule has 0 aliphatic rings. The number of benzene rings is 2. The Labute approximate surface area is 214 Å². The zero-order valence-corrected chi connectivity index (χ0v) is 20.0. The molecule has 0 aliphatic carbocycles. The molecule has 3 N–H and O–H groups in total. The van der Waals surface area contributed by atoms with Crippen LogP contribution in [0.1, 0.15) is 27.6 Å². The van der Waals surface area contributed by atoms with E-state index in [2.05, 4.69) is 15.4 Å². The quantitative estimate of drug-likeness (QED) is 0.301. The number of nitrogens with zero attached hydrogens (tertiary/aromatic N) is 4. The van der Waals surface area contributed by atoms with E-state index >= 15 is 0 Å². The second-order valence-electron chi connectivity index (χ2n) is 8.65. The topological polar surface area (TPSA) is 105 Å². The maximum atomic E-state index is 13.7. The Morgan fingerprint density at radius 3 is 2.50 bits per heavy atom. The fraction of sp³-hybridized carbons (Fsp3) is 0.148. The molecule has 2 aromatic carbocycles. The van der Waals surface area contributed by atoms with Crippen LogP contribution in [0.3, 0.4) is 0 Å². The number of hydrogen-bond donors (Lipinski definition) is 3. The van der Waals surface area contributed by atoms with E-state index in [-0.39, 0.29) is 22.6 Å². The zero-order chi connectivity index (χ0) is 27.0. The van der Waals surface area contributed by atoms with Crippen LogP contribution in [-0.2, 0) is 13.2 Å². The molecule has 3 heterocycles. The second-order valence-corrected chi connectivity index (χ2v) is 8.65. The smallest absolute Gasteiger partial charge is 0.393 e. The maximum Gasteiger partial charge on any atom is 0.417 e. The molecule has 194 valence electrons. The molecular weight excluding hydrogens is 499 g/mol. The summed E-state index contributed by atoms with van der Waals surface area (Å²) >= 11 is 0. The first-order valence-corrected chi connectivity index (χ1v) is 11.5. The van der Waals surface area contributed by atoms with Crippen molar-refractivity contribution in [2.24, 2.45) is 7.05 Å². The Morgan fingerprint density at radius 2 is 1.84 bits per heavy atom. The Hall–Kier alpha value is -4.48. The summed E-state index contributed by atoms with van der Waals surface area (Å²) < 4.78 is 44.2. The third kappa shape index (κ3) is 4.76. The molecule has 0 fully saturated rings. The van der Waals surface area contributed by atoms with Gasteiger partial charge in [-0.25, -0.2) is 4.98 Å². The number of fused-ring (bicyclic) bond motifs is 1. The van der Waals surface area contributed by atoms with E-state index in [4.69, 9.17) is 0 Å². The molecule has 8 nitrogen and oxygen atoms in total. The normalized spacial score (nSPS) is 12.6. The number of pyridine rings is 1. The number of anilines is 1. The van der Waals surface area contributed by atoms with Gasteiger partial charge in [0.05, 0.1) is 17.9 Å². The number of rotatable bonds is 6. The molecule has 0 spiro atoms. The van der Waals surface area contributed by atoms with Crippen LogP contribution in [0.25, 0.3) is 28.2 Å². The number of imidazole rings is 1. The van der Waals surface area contributed by atoms with Gasteiger partial charge >= 0.3 is 6.18 Å². The molecule has 5 aromatic rings. The van der Waals surface area contributed by atoms with Crippen molar-refractivity contribution >= 4 is 17.4 Å². The van der Waals surface area contributed by atoms with Crippen LogP contribution in [0.4, 0.5) is 19.0 Å². The molecular formula is C27H22F3N5O3. The summed E-state index contributed by atoms with van der Waals surface area (Å²) in [6.45, 7) is -0.505. The molecule has 0 radical (unpaired) electrons. The van der Waals surface area contributed by atoms with Crippen LogP contribution < -0.4 is 5.32 Å². The van der Waals surface area contributed by atoms with Gasteiger partial charge in [0, 0.05) is 36.1 Å². The zero-order valence-electron chi connectivity index (χ0n) is 20.0. The van der Waals surface area contributed by atoms with Gasteiger partial charge in [-0.1, -0.05) is 36.4 Å². The first kappa shape index (κ1) is 25.2. The summed E-state index contributed by atoms with van der Waals surface area (Å²) in [6.07, 6.45) is -2.74. The minimum atomic E-state index is -4.64. The summed E-state index contributed by atoms with van der Waals surface area (Å²) in [5.41, 5.74) is 0.893. The lowest BCUT2D eigenvalue weighted by Gasteiger charge is -2.14. The van der Waals surface area contributed by atoms with E-state index in [1.165, 1.54) is 23.1 Å². The fourth-order valence-electron chi connectivity index (χ4n) is 4.16. The molecule has 0 saturated heterocycles. The standard InChI is InChI=1S/C27H22F3N5O3/c1-34-12-11-21(33-34)19-13-17(7-9-20(19)27(28,29)30)26(38)32-25-24(16-5-3-2-4-6-16)31-23-10-8-18(14-35(23)25)22(37)15-36/h2-14,22,36-37H,15H2,1H3,(H,32,38). The summed E-state index contributed by atoms with van der Waals surface area (Å²) in [5, 5.41) is 26.4. The highest BCUT2D eigenvalue weighted by atomic mass is 19.4. The highest BCUT2D eigenvalue weighted by Crippen LogP contribution is 2.37. The fourth-order valence-corrected chi connectivity index (χ4v) is 4.16. The molecule has 3 aromatic heterocycles. The monoisotopic (exact) mass is 521 g/mol. The first-order chi connectivity index (χ1) is 18.2. The van der Waals surface area contributed by atoms with E-state index in [9.17, 15) is 28.2 Å². The van der Waals surface area contributed by atoms with Gasteiger partial charge in [0.1, 0.15) is 23.3 Å². The van der Waals surface area contributed by atoms with Crippen molar-refractivity contribution in [3.05, 3.63) is 95.8 Å². The van der Waals surface area contributed by atoms with Gasteiger partial charge in [0.25, 0.3) is 5.91 Å². The van der Waals surface area contributed by atoms with Crippen molar-refractivity contribution in [3.63, 3.8) is 0 Å². The van der Waals surface area contributed by atoms with Gasteiger partial charge in [-0.15, -0.1) is 0 Å². The highest BCUT2D eigenvalue weighted by molar-refractivity contribution is 6.06. The third-order valence-corrected chi connectivity index (χ3v) is 6.05. The van der Waals surface area contributed by atoms with Crippen molar-refractivity contribution in [1.29, 1.82) is 0 Å². The molecule has 1 unspecified atom stereocenters. The van der Waals surface area contributed by atoms with Gasteiger partial charge in [0.15, 0.2) is 0 Å². The van der Waals surface area contributed by atoms with Gasteiger partial charge in [-0.05, 0) is 35.9 Å². The summed E-state index contributed by atoms with van der Waals surface area (Å²) in [4.78, 5) is 18.0. The van der Waals surface area contributed by atoms with Crippen molar-refractivity contribution in [3.8, 4) is 22.5 Å². The van der Waals surface area contributed by atoms with Crippen LogP contribution >= 0.6 is 0 Å². The van der Waals surface area contributed by atoms with Crippen molar-refractivity contribution in [2.45, 2.75) is 12.3 Å². The Bertz CT molecular complexity index is 1630. The Morgan fingerprint density at radius 1 is 1.08 bits per heavy atom. The minimum absolute atomic E-state index is 0.0147. The first-order valence-electron chi connectivity index (χ1n) is 11.5. The lowest BCUT2D eigenvalue weighted by Crippen LogP contribution is -2.16. The molecule has 38 heavy (non-hydrogen) atoms. The maximum absolute atomic E-state index is 13.7. The molecule has 1 atom stereocenters. The average Bonchev–Trinajstić information content (AvgIpc) is 3.51. The summed E-state index contributed by atoms with van der Waals surface area (Å²) in [5.74, 6) is -0.412. The van der Waals surface area contributed by atoms with Gasteiger partial charge in [0.2, 0.25) is 0 Å². The van der Waals surface area contributed by atoms with Crippen LogP contribution in [0, 0.1) is 0 Å². The lowest BCUT2D eigenvalue weighted by atomic mass is 10.0. The number of nitrogens with one attached hydrogen (secondary N) is 1. The SMILES string of the molecule is Cn1ccc(-c2cc(C(=O)Nc3c(-c4ccccc4)nc4ccc(C(O)CO)cn34)ccc2C(F)(F)F)n1. The predicted molar refractivity (Wildman–Crippen MR) is 134 cm³/mol. The molecule has 5 rings (SSSR count). The van der Waals surface area contributed by atoms with Gasteiger partial charge < -0.3 is 15.5 Å². The van der Waals surface area contributed by atoms with E-state index in [0.29, 0.717) is 22.5 Å². The summed E-state index contributed by atoms with van der Waals surface area (Å²) in [6, 6.07) is 16.9. The second kappa shape index (κ2) is 9.77. The van der Waals surface area contributed by atoms with E-state index in [1.807, 2.05) is 6.07 Å². The third-order valence-electron chi connectivity index (χ3n) is 6.05. The number of carbonyl (C=O) groups excluding carboxylic acids is 1. The van der Waals surface area contributed by atoms with Crippen molar-refractivity contribution in [1.82, 2.24) is 19.2 Å². The minimum Gasteiger partial charge on any atom is -0.393 e. The largest absolute Gasteiger partial charge is 0.417 e. The molecule has 1 amide bonds. The van der Waals surface area contributed by atoms with Crippen LogP contribution in [0.15, 0.2) is 79.1 Å². The number of halogens is 3. The number of aryl methyl sites for hydroxylation is 1. The van der Waals surface area contributed by atoms with Crippen LogP contribution in [0.5, 0.6) is 0 Å². The number of aliphatic hydroxyl groups is 2. The number of hydrogen-bond acceptors (Lipinski definition) is 5. The Kier molecular flexibility index (Phi) is 6.47. The van der Waals surface area contributed by atoms with Crippen LogP contribution in [0.2, 0.25) is 0 Å². The summed E-state index contributed by atoms with van der Waals surface area (Å²) in [7, 11) is 1.59. The van der Waals surface area contributed by atoms with Crippen molar-refractivity contribution in [2.75, 3.05) is 11.9 Å². The molecule has 0 saturated carbocycles. The number of aliphatic hydroxyl groups excluding tert-OH is 2. The predicted octanol–water partition coefficient (Wildman–Crippen LogP) is 4.70. The number of alkyl halides is 3. The number of carbonyl (C=O) groups is 1. The van der Waals surface area contributed by atoms with E-state index in [1.54, 1.807) is 47.8 Å². The highest BCUT2D eigenvalue weighted by Gasteiger charge is 2.34. The van der Waals surface area contributed by atoms with E-state index in [0.717, 1.165) is 18.2 Å². The Balaban J connectivity index is 1.61. The molecule has 0 bridgehead atoms.